The molecule has 4 N–H and O–H groups in total. The van der Waals surface area contributed by atoms with Gasteiger partial charge in [-0.1, -0.05) is 18.2 Å². The van der Waals surface area contributed by atoms with Crippen molar-refractivity contribution in [2.45, 2.75) is 31.2 Å². The summed E-state index contributed by atoms with van der Waals surface area (Å²) in [4.78, 5) is 19.9. The first-order valence-electron chi connectivity index (χ1n) is 10.2. The summed E-state index contributed by atoms with van der Waals surface area (Å²) in [7, 11) is 0. The number of furan rings is 1. The largest absolute Gasteiger partial charge is 0.481 e. The van der Waals surface area contributed by atoms with Gasteiger partial charge in [-0.2, -0.15) is 4.39 Å². The zero-order chi connectivity index (χ0) is 22.7. The maximum Gasteiger partial charge on any atom is 0.300 e. The molecule has 3 unspecified atom stereocenters. The predicted octanol–water partition coefficient (Wildman–Crippen LogP) is 2.76. The average Bonchev–Trinajstić information content (AvgIpc) is 3.42. The molecule has 3 atom stereocenters. The summed E-state index contributed by atoms with van der Waals surface area (Å²) in [5.41, 5.74) is 8.53. The van der Waals surface area contributed by atoms with E-state index in [0.29, 0.717) is 5.56 Å². The lowest BCUT2D eigenvalue weighted by atomic mass is 9.80. The second-order valence-electron chi connectivity index (χ2n) is 7.67. The number of halogens is 1. The van der Waals surface area contributed by atoms with Crippen LogP contribution in [-0.2, 0) is 10.3 Å². The van der Waals surface area contributed by atoms with Crippen molar-refractivity contribution >= 4 is 12.3 Å². The fourth-order valence-electron chi connectivity index (χ4n) is 4.16. The van der Waals surface area contributed by atoms with E-state index in [0.717, 1.165) is 36.6 Å². The molecule has 0 saturated carbocycles. The van der Waals surface area contributed by atoms with E-state index >= 15 is 0 Å². The molecule has 0 bridgehead atoms. The highest BCUT2D eigenvalue weighted by Gasteiger charge is 2.50. The van der Waals surface area contributed by atoms with Gasteiger partial charge < -0.3 is 20.2 Å². The molecular weight excluding hydrogens is 413 g/mol. The van der Waals surface area contributed by atoms with Crippen LogP contribution >= 0.6 is 0 Å². The fourth-order valence-corrected chi connectivity index (χ4v) is 4.16. The lowest BCUT2D eigenvalue weighted by molar-refractivity contribution is -0.134. The molecule has 32 heavy (non-hydrogen) atoms. The summed E-state index contributed by atoms with van der Waals surface area (Å²) in [6.07, 6.45) is 7.24. The van der Waals surface area contributed by atoms with Gasteiger partial charge in [0.05, 0.1) is 25.0 Å². The van der Waals surface area contributed by atoms with Crippen molar-refractivity contribution in [2.24, 2.45) is 10.7 Å². The van der Waals surface area contributed by atoms with E-state index in [1.165, 1.54) is 6.20 Å². The van der Waals surface area contributed by atoms with Crippen LogP contribution in [0.4, 0.5) is 4.39 Å². The van der Waals surface area contributed by atoms with Crippen LogP contribution in [0.2, 0.25) is 0 Å². The number of hydrogen-bond acceptors (Lipinski definition) is 7. The molecule has 1 saturated heterocycles. The minimum absolute atomic E-state index is 0.117. The Balaban J connectivity index is 0.000000567. The van der Waals surface area contributed by atoms with Gasteiger partial charge in [0.25, 0.3) is 5.97 Å². The smallest absolute Gasteiger partial charge is 0.300 e. The van der Waals surface area contributed by atoms with Crippen molar-refractivity contribution in [1.29, 1.82) is 0 Å². The summed E-state index contributed by atoms with van der Waals surface area (Å²) >= 11 is 0. The molecular formula is C23H24FN5O3. The van der Waals surface area contributed by atoms with Crippen molar-refractivity contribution in [2.75, 3.05) is 6.54 Å². The third-order valence-electron chi connectivity index (χ3n) is 5.54. The van der Waals surface area contributed by atoms with E-state index in [-0.39, 0.29) is 12.3 Å². The predicted molar refractivity (Wildman–Crippen MR) is 117 cm³/mol. The number of benzene rings is 1. The van der Waals surface area contributed by atoms with Gasteiger partial charge in [0.15, 0.2) is 0 Å². The minimum Gasteiger partial charge on any atom is -0.481 e. The monoisotopic (exact) mass is 437 g/mol. The molecule has 0 aliphatic carbocycles. The van der Waals surface area contributed by atoms with Gasteiger partial charge in [0, 0.05) is 30.8 Å². The number of nitrogens with zero attached hydrogens (tertiary/aromatic N) is 3. The Morgan fingerprint density at radius 2 is 2.12 bits per heavy atom. The highest BCUT2D eigenvalue weighted by molar-refractivity contribution is 5.68. The normalized spacial score (nSPS) is 23.9. The molecule has 2 aliphatic heterocycles. The number of rotatable bonds is 3. The summed E-state index contributed by atoms with van der Waals surface area (Å²) in [6, 6.07) is 13.1. The first-order valence-corrected chi connectivity index (χ1v) is 10.2. The molecule has 4 heterocycles. The molecule has 0 amide bonds. The Kier molecular flexibility index (Phi) is 6.02. The van der Waals surface area contributed by atoms with Crippen molar-refractivity contribution in [3.8, 4) is 11.1 Å². The van der Waals surface area contributed by atoms with Crippen LogP contribution in [0.1, 0.15) is 24.5 Å². The number of aliphatic imine (C=N–C) groups is 1. The number of hydrogen-bond donors (Lipinski definition) is 3. The van der Waals surface area contributed by atoms with Gasteiger partial charge in [-0.15, -0.1) is 0 Å². The third-order valence-corrected chi connectivity index (χ3v) is 5.54. The number of nitrogens with two attached hydrogens (primary N) is 1. The maximum absolute atomic E-state index is 14.3. The van der Waals surface area contributed by atoms with Crippen LogP contribution in [0.25, 0.3) is 11.1 Å². The second kappa shape index (κ2) is 8.89. The molecule has 8 nitrogen and oxygen atoms in total. The third kappa shape index (κ3) is 4.00. The van der Waals surface area contributed by atoms with Gasteiger partial charge >= 0.3 is 0 Å². The molecule has 166 valence electrons. The number of carboxylic acids is 1. The summed E-state index contributed by atoms with van der Waals surface area (Å²) < 4.78 is 19.7. The Morgan fingerprint density at radius 1 is 1.31 bits per heavy atom. The highest BCUT2D eigenvalue weighted by Crippen LogP contribution is 2.43. The van der Waals surface area contributed by atoms with Crippen LogP contribution in [-0.4, -0.2) is 46.2 Å². The van der Waals surface area contributed by atoms with Crippen LogP contribution in [0, 0.1) is 5.95 Å². The van der Waals surface area contributed by atoms with Gasteiger partial charge in [0.2, 0.25) is 5.95 Å². The molecule has 1 fully saturated rings. The number of fused-ring (bicyclic) bond motifs is 1. The van der Waals surface area contributed by atoms with Crippen molar-refractivity contribution in [3.63, 3.8) is 0 Å². The van der Waals surface area contributed by atoms with E-state index in [9.17, 15) is 4.39 Å². The Hall–Kier alpha value is -3.56. The molecule has 5 rings (SSSR count). The standard InChI is InChI=1S/C21H20FN5O.C2H4O2/c22-19-17(5-2-8-24-19)14-3-1-4-15(11-14)21(16-7-10-28-12-16)20-26-18(23)6-9-27(20)13-25-21;1-2(3)4/h1-5,7-8,10-13,18,20,26H,6,9,23H2;1H3,(H,3,4). The Morgan fingerprint density at radius 3 is 2.84 bits per heavy atom. The number of aliphatic carboxylic acids is 1. The molecule has 3 aromatic rings. The first kappa shape index (κ1) is 21.7. The lowest BCUT2D eigenvalue weighted by Crippen LogP contribution is -2.63. The summed E-state index contributed by atoms with van der Waals surface area (Å²) in [5, 5.41) is 10.9. The SMILES string of the molecule is CC(=O)O.NC1CCN2C=NC(c3ccoc3)(c3cccc(-c4cccnc4F)c3)C2N1. The van der Waals surface area contributed by atoms with Gasteiger partial charge in [-0.05, 0) is 41.8 Å². The minimum atomic E-state index is -0.833. The zero-order valence-corrected chi connectivity index (χ0v) is 17.5. The number of carboxylic acid groups (broad SMARTS) is 1. The van der Waals surface area contributed by atoms with E-state index in [2.05, 4.69) is 15.2 Å². The van der Waals surface area contributed by atoms with Crippen LogP contribution < -0.4 is 11.1 Å². The van der Waals surface area contributed by atoms with Gasteiger partial charge in [-0.3, -0.25) is 15.1 Å². The van der Waals surface area contributed by atoms with Crippen molar-refractivity contribution in [1.82, 2.24) is 15.2 Å². The lowest BCUT2D eigenvalue weighted by Gasteiger charge is -2.42. The molecule has 2 aromatic heterocycles. The topological polar surface area (TPSA) is 117 Å². The number of pyridine rings is 1. The van der Waals surface area contributed by atoms with Crippen molar-refractivity contribution in [3.05, 3.63) is 78.3 Å². The van der Waals surface area contributed by atoms with Gasteiger partial charge in [-0.25, -0.2) is 4.98 Å². The van der Waals surface area contributed by atoms with Gasteiger partial charge in [0.1, 0.15) is 11.7 Å². The van der Waals surface area contributed by atoms with Crippen LogP contribution in [0.5, 0.6) is 0 Å². The second-order valence-corrected chi connectivity index (χ2v) is 7.67. The fraction of sp³-hybridized carbons (Fsp3) is 0.261. The van der Waals surface area contributed by atoms with E-state index in [4.69, 9.17) is 25.0 Å². The summed E-state index contributed by atoms with van der Waals surface area (Å²) in [6.45, 7) is 1.90. The Labute approximate surface area is 184 Å². The maximum atomic E-state index is 14.3. The number of aromatic nitrogens is 1. The average molecular weight is 437 g/mol. The van der Waals surface area contributed by atoms with Crippen LogP contribution in [0.15, 0.2) is 70.6 Å². The highest BCUT2D eigenvalue weighted by atomic mass is 19.1. The van der Waals surface area contributed by atoms with E-state index < -0.39 is 17.5 Å². The molecule has 2 aliphatic rings. The van der Waals surface area contributed by atoms with E-state index in [1.54, 1.807) is 24.7 Å². The molecule has 0 spiro atoms. The Bertz CT molecular complexity index is 1120. The first-order chi connectivity index (χ1) is 15.4. The molecule has 1 aromatic carbocycles. The van der Waals surface area contributed by atoms with Crippen molar-refractivity contribution < 1.29 is 18.7 Å². The quantitative estimate of drug-likeness (QED) is 0.540. The molecule has 0 radical (unpaired) electrons. The molecule has 9 heteroatoms. The number of carbonyl (C=O) groups is 1. The zero-order valence-electron chi connectivity index (χ0n) is 17.5. The number of nitrogens with one attached hydrogen (secondary N) is 1. The van der Waals surface area contributed by atoms with Crippen LogP contribution in [0.3, 0.4) is 0 Å². The summed E-state index contributed by atoms with van der Waals surface area (Å²) in [5.74, 6) is -1.33. The van der Waals surface area contributed by atoms with E-state index in [1.807, 2.05) is 36.7 Å².